The fourth-order valence-electron chi connectivity index (χ4n) is 2.78. The van der Waals surface area contributed by atoms with Crippen molar-refractivity contribution in [2.45, 2.75) is 6.92 Å². The first-order valence-electron chi connectivity index (χ1n) is 9.12. The first-order chi connectivity index (χ1) is 14.1. The van der Waals surface area contributed by atoms with Crippen LogP contribution >= 0.6 is 12.2 Å². The molecule has 0 radical (unpaired) electrons. The van der Waals surface area contributed by atoms with Gasteiger partial charge in [0.05, 0.1) is 12.2 Å². The molecule has 0 saturated carbocycles. The normalized spacial score (nSPS) is 10.7. The van der Waals surface area contributed by atoms with Crippen LogP contribution in [0.3, 0.4) is 0 Å². The number of esters is 1. The van der Waals surface area contributed by atoms with Crippen molar-refractivity contribution in [3.8, 4) is 0 Å². The van der Waals surface area contributed by atoms with E-state index in [-0.39, 0.29) is 17.0 Å². The molecule has 0 unspecified atom stereocenters. The maximum atomic E-state index is 12.2. The van der Waals surface area contributed by atoms with Gasteiger partial charge in [-0.05, 0) is 65.8 Å². The van der Waals surface area contributed by atoms with Crippen LogP contribution in [0.1, 0.15) is 22.8 Å². The summed E-state index contributed by atoms with van der Waals surface area (Å²) >= 11 is 5.18. The molecular weight excluding hydrogens is 384 g/mol. The van der Waals surface area contributed by atoms with E-state index in [0.29, 0.717) is 17.9 Å². The van der Waals surface area contributed by atoms with Crippen molar-refractivity contribution in [3.63, 3.8) is 0 Å². The number of fused-ring (bicyclic) bond motifs is 1. The summed E-state index contributed by atoms with van der Waals surface area (Å²) in [4.78, 5) is 23.8. The molecule has 146 valence electrons. The molecule has 0 heterocycles. The summed E-state index contributed by atoms with van der Waals surface area (Å²) in [5, 5.41) is 7.87. The second-order valence-electron chi connectivity index (χ2n) is 6.14. The highest BCUT2D eigenvalue weighted by atomic mass is 32.1. The number of ether oxygens (including phenoxy) is 1. The lowest BCUT2D eigenvalue weighted by atomic mass is 10.0. The molecule has 0 atom stereocenters. The Balaban J connectivity index is 1.58. The number of nitrogens with one attached hydrogen (secondary N) is 2. The zero-order valence-electron chi connectivity index (χ0n) is 15.8. The third-order valence-electron chi connectivity index (χ3n) is 4.13. The molecule has 0 fully saturated rings. The molecule has 5 nitrogen and oxygen atoms in total. The van der Waals surface area contributed by atoms with Crippen LogP contribution in [-0.4, -0.2) is 23.6 Å². The van der Waals surface area contributed by atoms with Crippen LogP contribution in [0.25, 0.3) is 16.8 Å². The van der Waals surface area contributed by atoms with E-state index in [2.05, 4.69) is 10.6 Å². The highest BCUT2D eigenvalue weighted by molar-refractivity contribution is 7.80. The monoisotopic (exact) mass is 404 g/mol. The fraction of sp³-hybridized carbons (Fsp3) is 0.0870. The summed E-state index contributed by atoms with van der Waals surface area (Å²) in [7, 11) is 0. The fourth-order valence-corrected chi connectivity index (χ4v) is 3.00. The number of rotatable bonds is 5. The molecule has 0 aliphatic rings. The molecule has 3 rings (SSSR count). The van der Waals surface area contributed by atoms with Crippen molar-refractivity contribution in [3.05, 3.63) is 83.9 Å². The van der Waals surface area contributed by atoms with Gasteiger partial charge in [-0.3, -0.25) is 10.1 Å². The van der Waals surface area contributed by atoms with E-state index in [1.807, 2.05) is 42.5 Å². The summed E-state index contributed by atoms with van der Waals surface area (Å²) in [6.07, 6.45) is 3.20. The number of benzene rings is 3. The van der Waals surface area contributed by atoms with E-state index in [0.717, 1.165) is 16.3 Å². The molecule has 0 bridgehead atoms. The minimum Gasteiger partial charge on any atom is -0.462 e. The van der Waals surface area contributed by atoms with Gasteiger partial charge in [-0.25, -0.2) is 4.79 Å². The predicted molar refractivity (Wildman–Crippen MR) is 120 cm³/mol. The molecule has 0 aliphatic heterocycles. The van der Waals surface area contributed by atoms with Gasteiger partial charge in [0.1, 0.15) is 0 Å². The maximum Gasteiger partial charge on any atom is 0.338 e. The lowest BCUT2D eigenvalue weighted by molar-refractivity contribution is -0.115. The Kier molecular flexibility index (Phi) is 6.71. The van der Waals surface area contributed by atoms with Gasteiger partial charge in [-0.2, -0.15) is 0 Å². The van der Waals surface area contributed by atoms with Gasteiger partial charge in [0.15, 0.2) is 5.11 Å². The Bertz CT molecular complexity index is 1070. The Morgan fingerprint density at radius 3 is 2.48 bits per heavy atom. The van der Waals surface area contributed by atoms with Crippen molar-refractivity contribution in [1.29, 1.82) is 0 Å². The summed E-state index contributed by atoms with van der Waals surface area (Å²) in [6, 6.07) is 20.6. The Morgan fingerprint density at radius 1 is 1.00 bits per heavy atom. The van der Waals surface area contributed by atoms with Gasteiger partial charge in [0, 0.05) is 11.8 Å². The summed E-state index contributed by atoms with van der Waals surface area (Å²) in [5.41, 5.74) is 2.05. The van der Waals surface area contributed by atoms with Crippen LogP contribution in [0.4, 0.5) is 5.69 Å². The van der Waals surface area contributed by atoms with E-state index in [1.54, 1.807) is 37.3 Å². The average molecular weight is 404 g/mol. The number of amides is 1. The van der Waals surface area contributed by atoms with E-state index < -0.39 is 0 Å². The second kappa shape index (κ2) is 9.61. The third kappa shape index (κ3) is 5.49. The SMILES string of the molecule is CCOC(=O)c1ccc(NC(=S)NC(=O)/C=C/c2cccc3ccccc23)cc1. The van der Waals surface area contributed by atoms with Crippen molar-refractivity contribution >= 4 is 51.7 Å². The zero-order chi connectivity index (χ0) is 20.6. The van der Waals surface area contributed by atoms with Gasteiger partial charge in [0.2, 0.25) is 5.91 Å². The zero-order valence-corrected chi connectivity index (χ0v) is 16.7. The van der Waals surface area contributed by atoms with Gasteiger partial charge in [-0.1, -0.05) is 42.5 Å². The second-order valence-corrected chi connectivity index (χ2v) is 6.55. The van der Waals surface area contributed by atoms with E-state index in [9.17, 15) is 9.59 Å². The average Bonchev–Trinajstić information content (AvgIpc) is 2.73. The quantitative estimate of drug-likeness (QED) is 0.371. The third-order valence-corrected chi connectivity index (χ3v) is 4.33. The minimum absolute atomic E-state index is 0.168. The van der Waals surface area contributed by atoms with Crippen LogP contribution in [0.15, 0.2) is 72.8 Å². The molecule has 2 N–H and O–H groups in total. The van der Waals surface area contributed by atoms with Gasteiger partial charge in [0.25, 0.3) is 0 Å². The van der Waals surface area contributed by atoms with Crippen molar-refractivity contribution in [2.75, 3.05) is 11.9 Å². The number of carbonyl (C=O) groups excluding carboxylic acids is 2. The van der Waals surface area contributed by atoms with Crippen LogP contribution in [-0.2, 0) is 9.53 Å². The van der Waals surface area contributed by atoms with Crippen molar-refractivity contribution in [2.24, 2.45) is 0 Å². The molecule has 0 saturated heterocycles. The van der Waals surface area contributed by atoms with Crippen LogP contribution in [0, 0.1) is 0 Å². The summed E-state index contributed by atoms with van der Waals surface area (Å²) in [5.74, 6) is -0.716. The van der Waals surface area contributed by atoms with Crippen LogP contribution < -0.4 is 10.6 Å². The van der Waals surface area contributed by atoms with Gasteiger partial charge < -0.3 is 10.1 Å². The minimum atomic E-state index is -0.381. The van der Waals surface area contributed by atoms with Gasteiger partial charge in [-0.15, -0.1) is 0 Å². The van der Waals surface area contributed by atoms with E-state index in [1.165, 1.54) is 6.08 Å². The van der Waals surface area contributed by atoms with Crippen LogP contribution in [0.5, 0.6) is 0 Å². The number of hydrogen-bond acceptors (Lipinski definition) is 4. The van der Waals surface area contributed by atoms with Crippen LogP contribution in [0.2, 0.25) is 0 Å². The highest BCUT2D eigenvalue weighted by Crippen LogP contribution is 2.19. The first kappa shape index (κ1) is 20.2. The first-order valence-corrected chi connectivity index (χ1v) is 9.52. The largest absolute Gasteiger partial charge is 0.462 e. The van der Waals surface area contributed by atoms with Crippen molar-refractivity contribution in [1.82, 2.24) is 5.32 Å². The Labute approximate surface area is 174 Å². The lowest BCUT2D eigenvalue weighted by Gasteiger charge is -2.09. The van der Waals surface area contributed by atoms with Gasteiger partial charge >= 0.3 is 5.97 Å². The molecule has 0 spiro atoms. The molecule has 0 aromatic heterocycles. The number of thiocarbonyl (C=S) groups is 1. The summed E-state index contributed by atoms with van der Waals surface area (Å²) < 4.78 is 4.94. The lowest BCUT2D eigenvalue weighted by Crippen LogP contribution is -2.32. The number of anilines is 1. The Morgan fingerprint density at radius 2 is 1.72 bits per heavy atom. The molecular formula is C23H20N2O3S. The molecule has 29 heavy (non-hydrogen) atoms. The highest BCUT2D eigenvalue weighted by Gasteiger charge is 2.07. The molecule has 6 heteroatoms. The predicted octanol–water partition coefficient (Wildman–Crippen LogP) is 4.54. The maximum absolute atomic E-state index is 12.2. The van der Waals surface area contributed by atoms with E-state index in [4.69, 9.17) is 17.0 Å². The van der Waals surface area contributed by atoms with E-state index >= 15 is 0 Å². The standard InChI is InChI=1S/C23H20N2O3S/c1-2-28-22(27)18-10-13-19(14-11-18)24-23(29)25-21(26)15-12-17-8-5-7-16-6-3-4-9-20(16)17/h3-15H,2H2,1H3,(H2,24,25,26,29)/b15-12+. The molecule has 3 aromatic rings. The smallest absolute Gasteiger partial charge is 0.338 e. The topological polar surface area (TPSA) is 67.4 Å². The molecule has 3 aromatic carbocycles. The molecule has 1 amide bonds. The van der Waals surface area contributed by atoms with Crippen molar-refractivity contribution < 1.29 is 14.3 Å². The number of carbonyl (C=O) groups is 2. The molecule has 0 aliphatic carbocycles. The summed E-state index contributed by atoms with van der Waals surface area (Å²) in [6.45, 7) is 2.07. The number of hydrogen-bond donors (Lipinski definition) is 2. The Hall–Kier alpha value is -3.51.